The van der Waals surface area contributed by atoms with Crippen molar-refractivity contribution in [3.63, 3.8) is 0 Å². The SMILES string of the molecule is Cc1cccc(OC2CCN(C(=O)NC(c3ccccc3)c3ccccc3)C2)n1. The molecule has 1 aliphatic heterocycles. The first-order valence-corrected chi connectivity index (χ1v) is 9.95. The Morgan fingerprint density at radius 2 is 1.66 bits per heavy atom. The molecule has 29 heavy (non-hydrogen) atoms. The van der Waals surface area contributed by atoms with E-state index in [1.165, 1.54) is 0 Å². The maximum atomic E-state index is 13.0. The second kappa shape index (κ2) is 8.78. The average Bonchev–Trinajstić information content (AvgIpc) is 3.22. The fourth-order valence-electron chi connectivity index (χ4n) is 3.63. The van der Waals surface area contributed by atoms with Crippen LogP contribution in [0.25, 0.3) is 0 Å². The smallest absolute Gasteiger partial charge is 0.318 e. The maximum absolute atomic E-state index is 13.0. The number of pyridine rings is 1. The highest BCUT2D eigenvalue weighted by Crippen LogP contribution is 2.23. The molecule has 2 heterocycles. The van der Waals surface area contributed by atoms with Crippen LogP contribution in [-0.2, 0) is 0 Å². The Labute approximate surface area is 171 Å². The molecule has 0 aliphatic carbocycles. The van der Waals surface area contributed by atoms with Gasteiger partial charge in [-0.2, -0.15) is 0 Å². The summed E-state index contributed by atoms with van der Waals surface area (Å²) in [5, 5.41) is 3.20. The Balaban J connectivity index is 1.43. The molecule has 2 aromatic carbocycles. The van der Waals surface area contributed by atoms with Gasteiger partial charge in [-0.1, -0.05) is 66.7 Å². The number of nitrogens with zero attached hydrogens (tertiary/aromatic N) is 2. The lowest BCUT2D eigenvalue weighted by Gasteiger charge is -2.24. The summed E-state index contributed by atoms with van der Waals surface area (Å²) in [4.78, 5) is 19.2. The van der Waals surface area contributed by atoms with Crippen molar-refractivity contribution in [2.75, 3.05) is 13.1 Å². The summed E-state index contributed by atoms with van der Waals surface area (Å²) in [6.07, 6.45) is 0.756. The largest absolute Gasteiger partial charge is 0.472 e. The fraction of sp³-hybridized carbons (Fsp3) is 0.250. The standard InChI is InChI=1S/C24H25N3O2/c1-18-9-8-14-22(25-18)29-21-15-16-27(17-21)24(28)26-23(19-10-4-2-5-11-19)20-12-6-3-7-13-20/h2-14,21,23H,15-17H2,1H3,(H,26,28). The molecule has 0 spiro atoms. The zero-order valence-corrected chi connectivity index (χ0v) is 16.5. The number of ether oxygens (including phenoxy) is 1. The number of hydrogen-bond donors (Lipinski definition) is 1. The van der Waals surface area contributed by atoms with Gasteiger partial charge in [-0.25, -0.2) is 9.78 Å². The Morgan fingerprint density at radius 3 is 2.28 bits per heavy atom. The monoisotopic (exact) mass is 387 g/mol. The van der Waals surface area contributed by atoms with Crippen LogP contribution >= 0.6 is 0 Å². The van der Waals surface area contributed by atoms with Gasteiger partial charge in [-0.05, 0) is 24.1 Å². The third-order valence-electron chi connectivity index (χ3n) is 5.12. The van der Waals surface area contributed by atoms with Crippen LogP contribution in [0, 0.1) is 6.92 Å². The van der Waals surface area contributed by atoms with E-state index >= 15 is 0 Å². The predicted molar refractivity (Wildman–Crippen MR) is 113 cm³/mol. The van der Waals surface area contributed by atoms with Gasteiger partial charge >= 0.3 is 6.03 Å². The minimum absolute atomic E-state index is 0.0399. The number of urea groups is 1. The van der Waals surface area contributed by atoms with Crippen LogP contribution in [0.2, 0.25) is 0 Å². The van der Waals surface area contributed by atoms with Gasteiger partial charge in [0.1, 0.15) is 6.10 Å². The van der Waals surface area contributed by atoms with Crippen LogP contribution in [-0.4, -0.2) is 35.1 Å². The molecule has 148 valence electrons. The summed E-state index contributed by atoms with van der Waals surface area (Å²) in [7, 11) is 0. The molecule has 1 fully saturated rings. The van der Waals surface area contributed by atoms with Crippen LogP contribution in [0.1, 0.15) is 29.3 Å². The van der Waals surface area contributed by atoms with Gasteiger partial charge in [0.05, 0.1) is 12.6 Å². The molecular formula is C24H25N3O2. The van der Waals surface area contributed by atoms with E-state index in [0.29, 0.717) is 19.0 Å². The number of hydrogen-bond acceptors (Lipinski definition) is 3. The first kappa shape index (κ1) is 19.0. The molecule has 1 unspecified atom stereocenters. The van der Waals surface area contributed by atoms with Gasteiger partial charge in [-0.3, -0.25) is 0 Å². The van der Waals surface area contributed by atoms with E-state index in [0.717, 1.165) is 23.2 Å². The first-order valence-electron chi connectivity index (χ1n) is 9.95. The highest BCUT2D eigenvalue weighted by Gasteiger charge is 2.29. The second-order valence-electron chi connectivity index (χ2n) is 7.30. The summed E-state index contributed by atoms with van der Waals surface area (Å²) in [6, 6.07) is 25.5. The highest BCUT2D eigenvalue weighted by atomic mass is 16.5. The minimum Gasteiger partial charge on any atom is -0.472 e. The van der Waals surface area contributed by atoms with Crippen LogP contribution < -0.4 is 10.1 Å². The van der Waals surface area contributed by atoms with E-state index in [1.807, 2.05) is 90.7 Å². The molecule has 1 aliphatic rings. The molecule has 1 aromatic heterocycles. The molecule has 0 bridgehead atoms. The molecule has 0 radical (unpaired) electrons. The summed E-state index contributed by atoms with van der Waals surface area (Å²) >= 11 is 0. The number of likely N-dealkylation sites (tertiary alicyclic amines) is 1. The van der Waals surface area contributed by atoms with Crippen molar-refractivity contribution >= 4 is 6.03 Å². The molecule has 5 heteroatoms. The lowest BCUT2D eigenvalue weighted by atomic mass is 9.99. The van der Waals surface area contributed by atoms with Gasteiger partial charge in [0.15, 0.2) is 0 Å². The highest BCUT2D eigenvalue weighted by molar-refractivity contribution is 5.75. The lowest BCUT2D eigenvalue weighted by Crippen LogP contribution is -2.41. The van der Waals surface area contributed by atoms with Gasteiger partial charge in [-0.15, -0.1) is 0 Å². The number of benzene rings is 2. The molecule has 0 saturated carbocycles. The van der Waals surface area contributed by atoms with Gasteiger partial charge in [0, 0.05) is 24.7 Å². The van der Waals surface area contributed by atoms with E-state index in [9.17, 15) is 4.79 Å². The molecule has 1 saturated heterocycles. The normalized spacial score (nSPS) is 16.1. The Hall–Kier alpha value is -3.34. The van der Waals surface area contributed by atoms with E-state index in [2.05, 4.69) is 10.3 Å². The zero-order chi connectivity index (χ0) is 20.1. The van der Waals surface area contributed by atoms with Crippen molar-refractivity contribution in [1.29, 1.82) is 0 Å². The number of carbonyl (C=O) groups is 1. The second-order valence-corrected chi connectivity index (χ2v) is 7.30. The molecule has 1 N–H and O–H groups in total. The molecule has 3 aromatic rings. The molecule has 4 rings (SSSR count). The maximum Gasteiger partial charge on any atom is 0.318 e. The van der Waals surface area contributed by atoms with E-state index in [1.54, 1.807) is 0 Å². The van der Waals surface area contributed by atoms with Crippen molar-refractivity contribution in [3.05, 3.63) is 95.7 Å². The summed E-state index contributed by atoms with van der Waals surface area (Å²) in [5.41, 5.74) is 3.04. The van der Waals surface area contributed by atoms with Crippen LogP contribution in [0.15, 0.2) is 78.9 Å². The summed E-state index contributed by atoms with van der Waals surface area (Å²) in [6.45, 7) is 3.16. The van der Waals surface area contributed by atoms with E-state index < -0.39 is 0 Å². The zero-order valence-electron chi connectivity index (χ0n) is 16.5. The van der Waals surface area contributed by atoms with Crippen molar-refractivity contribution in [2.24, 2.45) is 0 Å². The molecular weight excluding hydrogens is 362 g/mol. The van der Waals surface area contributed by atoms with E-state index in [-0.39, 0.29) is 18.2 Å². The summed E-state index contributed by atoms with van der Waals surface area (Å²) in [5.74, 6) is 0.615. The van der Waals surface area contributed by atoms with Gasteiger partial charge in [0.25, 0.3) is 0 Å². The molecule has 5 nitrogen and oxygen atoms in total. The number of aryl methyl sites for hydroxylation is 1. The number of amides is 2. The Bertz CT molecular complexity index is 907. The van der Waals surface area contributed by atoms with Crippen LogP contribution in [0.4, 0.5) is 4.79 Å². The summed E-state index contributed by atoms with van der Waals surface area (Å²) < 4.78 is 5.98. The van der Waals surface area contributed by atoms with Crippen molar-refractivity contribution in [3.8, 4) is 5.88 Å². The first-order chi connectivity index (χ1) is 14.2. The fourth-order valence-corrected chi connectivity index (χ4v) is 3.63. The predicted octanol–water partition coefficient (Wildman–Crippen LogP) is 4.34. The van der Waals surface area contributed by atoms with Gasteiger partial charge in [0.2, 0.25) is 5.88 Å². The number of rotatable bonds is 5. The topological polar surface area (TPSA) is 54.5 Å². The number of aromatic nitrogens is 1. The minimum atomic E-state index is -0.191. The Kier molecular flexibility index (Phi) is 5.75. The quantitative estimate of drug-likeness (QED) is 0.708. The number of carbonyl (C=O) groups excluding carboxylic acids is 1. The molecule has 1 atom stereocenters. The Morgan fingerprint density at radius 1 is 1.00 bits per heavy atom. The lowest BCUT2D eigenvalue weighted by molar-refractivity contribution is 0.181. The van der Waals surface area contributed by atoms with Crippen molar-refractivity contribution in [1.82, 2.24) is 15.2 Å². The van der Waals surface area contributed by atoms with Crippen molar-refractivity contribution in [2.45, 2.75) is 25.5 Å². The third kappa shape index (κ3) is 4.74. The van der Waals surface area contributed by atoms with Crippen LogP contribution in [0.5, 0.6) is 5.88 Å². The number of nitrogens with one attached hydrogen (secondary N) is 1. The average molecular weight is 387 g/mol. The van der Waals surface area contributed by atoms with Crippen LogP contribution in [0.3, 0.4) is 0 Å². The van der Waals surface area contributed by atoms with Crippen molar-refractivity contribution < 1.29 is 9.53 Å². The third-order valence-corrected chi connectivity index (χ3v) is 5.12. The van der Waals surface area contributed by atoms with Gasteiger partial charge < -0.3 is 15.0 Å². The molecule has 2 amide bonds. The van der Waals surface area contributed by atoms with E-state index in [4.69, 9.17) is 4.74 Å².